The minimum Gasteiger partial charge on any atom is -0.480 e. The number of carboxylic acid groups (broad SMARTS) is 1. The Balaban J connectivity index is 2.78. The SMILES string of the molecule is CC(=O)N[C@@H]1[C@@H](O)[C@H](O)[C@@H](CO)O[C@H]1SC[C@H](N)C(=O)O. The van der Waals surface area contributed by atoms with E-state index in [0.717, 1.165) is 11.8 Å². The van der Waals surface area contributed by atoms with Gasteiger partial charge in [0, 0.05) is 12.7 Å². The maximum atomic E-state index is 11.2. The topological polar surface area (TPSA) is 162 Å². The number of amides is 1. The lowest BCUT2D eigenvalue weighted by Gasteiger charge is -2.42. The van der Waals surface area contributed by atoms with Crippen LogP contribution in [0.4, 0.5) is 0 Å². The lowest BCUT2D eigenvalue weighted by atomic mass is 9.98. The van der Waals surface area contributed by atoms with Crippen molar-refractivity contribution in [1.82, 2.24) is 5.32 Å². The molecular weight excluding hydrogens is 304 g/mol. The van der Waals surface area contributed by atoms with E-state index in [0.29, 0.717) is 0 Å². The van der Waals surface area contributed by atoms with Crippen LogP contribution in [0.25, 0.3) is 0 Å². The van der Waals surface area contributed by atoms with Crippen molar-refractivity contribution in [1.29, 1.82) is 0 Å². The highest BCUT2D eigenvalue weighted by Crippen LogP contribution is 2.28. The normalized spacial score (nSPS) is 34.2. The molecule has 0 aromatic heterocycles. The van der Waals surface area contributed by atoms with E-state index in [1.165, 1.54) is 6.92 Å². The van der Waals surface area contributed by atoms with Crippen LogP contribution >= 0.6 is 11.8 Å². The first kappa shape index (κ1) is 18.1. The second kappa shape index (κ2) is 7.92. The van der Waals surface area contributed by atoms with Crippen LogP contribution in [0.15, 0.2) is 0 Å². The van der Waals surface area contributed by atoms with Gasteiger partial charge >= 0.3 is 5.97 Å². The Hall–Kier alpha value is -0.910. The molecule has 21 heavy (non-hydrogen) atoms. The van der Waals surface area contributed by atoms with E-state index in [1.54, 1.807) is 0 Å². The van der Waals surface area contributed by atoms with E-state index in [-0.39, 0.29) is 5.75 Å². The third kappa shape index (κ3) is 4.80. The zero-order valence-electron chi connectivity index (χ0n) is 11.4. The van der Waals surface area contributed by atoms with Gasteiger partial charge in [0.1, 0.15) is 29.8 Å². The summed E-state index contributed by atoms with van der Waals surface area (Å²) in [5.74, 6) is -1.64. The van der Waals surface area contributed by atoms with Gasteiger partial charge in [0.25, 0.3) is 0 Å². The largest absolute Gasteiger partial charge is 0.480 e. The van der Waals surface area contributed by atoms with Crippen LogP contribution in [0, 0.1) is 0 Å². The second-order valence-corrected chi connectivity index (χ2v) is 5.84. The number of nitrogens with two attached hydrogens (primary N) is 1. The van der Waals surface area contributed by atoms with Crippen molar-refractivity contribution in [2.24, 2.45) is 5.73 Å². The van der Waals surface area contributed by atoms with Crippen LogP contribution in [-0.4, -0.2) is 80.5 Å². The zero-order chi connectivity index (χ0) is 16.2. The summed E-state index contributed by atoms with van der Waals surface area (Å²) in [6, 6.07) is -2.07. The molecule has 6 atom stereocenters. The van der Waals surface area contributed by atoms with E-state index < -0.39 is 54.3 Å². The Kier molecular flexibility index (Phi) is 6.84. The number of rotatable bonds is 6. The molecule has 1 fully saturated rings. The number of aliphatic carboxylic acids is 1. The first-order valence-corrected chi connectivity index (χ1v) is 7.32. The molecule has 0 saturated carbocycles. The highest BCUT2D eigenvalue weighted by molar-refractivity contribution is 7.99. The number of aliphatic hydroxyl groups is 3. The quantitative estimate of drug-likeness (QED) is 0.300. The van der Waals surface area contributed by atoms with Crippen LogP contribution in [0.2, 0.25) is 0 Å². The number of hydrogen-bond donors (Lipinski definition) is 6. The molecule has 0 aromatic rings. The molecule has 1 rings (SSSR count). The van der Waals surface area contributed by atoms with Crippen LogP contribution in [0.1, 0.15) is 6.92 Å². The van der Waals surface area contributed by atoms with Gasteiger partial charge in [0.2, 0.25) is 5.91 Å². The molecule has 9 nitrogen and oxygen atoms in total. The van der Waals surface area contributed by atoms with Crippen molar-refractivity contribution in [3.8, 4) is 0 Å². The number of carbonyl (C=O) groups excluding carboxylic acids is 1. The van der Waals surface area contributed by atoms with Gasteiger partial charge < -0.3 is 36.2 Å². The molecule has 1 heterocycles. The number of aliphatic hydroxyl groups excluding tert-OH is 3. The predicted molar refractivity (Wildman–Crippen MR) is 73.4 cm³/mol. The Bertz CT molecular complexity index is 384. The third-order valence-corrected chi connectivity index (χ3v) is 4.29. The predicted octanol–water partition coefficient (Wildman–Crippen LogP) is -2.92. The van der Waals surface area contributed by atoms with Crippen LogP contribution < -0.4 is 11.1 Å². The molecule has 1 aliphatic rings. The Morgan fingerprint density at radius 2 is 2.00 bits per heavy atom. The number of hydrogen-bond acceptors (Lipinski definition) is 8. The fourth-order valence-corrected chi connectivity index (χ4v) is 3.08. The summed E-state index contributed by atoms with van der Waals surface area (Å²) in [6.45, 7) is 0.717. The van der Waals surface area contributed by atoms with Crippen molar-refractivity contribution < 1.29 is 34.8 Å². The van der Waals surface area contributed by atoms with Gasteiger partial charge in [0.05, 0.1) is 12.6 Å². The molecule has 0 radical (unpaired) electrons. The average molecular weight is 324 g/mol. The van der Waals surface area contributed by atoms with Crippen LogP contribution in [0.5, 0.6) is 0 Å². The number of thioether (sulfide) groups is 1. The molecule has 1 saturated heterocycles. The van der Waals surface area contributed by atoms with Gasteiger partial charge in [0.15, 0.2) is 0 Å². The first-order valence-electron chi connectivity index (χ1n) is 6.27. The van der Waals surface area contributed by atoms with Crippen LogP contribution in [-0.2, 0) is 14.3 Å². The molecule has 1 aliphatic heterocycles. The standard InChI is InChI=1S/C11H20N2O7S/c1-4(15)13-7-9(17)8(16)6(2-14)20-11(7)21-3-5(12)10(18)19/h5-9,11,14,16-17H,2-3,12H2,1H3,(H,13,15)(H,18,19)/t5-,6+,7+,8+,9+,11-/m0/s1. The summed E-state index contributed by atoms with van der Waals surface area (Å²) in [5, 5.41) is 40.1. The maximum absolute atomic E-state index is 11.2. The Morgan fingerprint density at radius 3 is 2.48 bits per heavy atom. The molecule has 0 unspecified atom stereocenters. The van der Waals surface area contributed by atoms with Crippen molar-refractivity contribution in [3.63, 3.8) is 0 Å². The maximum Gasteiger partial charge on any atom is 0.321 e. The molecule has 7 N–H and O–H groups in total. The molecule has 1 amide bonds. The van der Waals surface area contributed by atoms with Crippen molar-refractivity contribution >= 4 is 23.6 Å². The van der Waals surface area contributed by atoms with Crippen LogP contribution in [0.3, 0.4) is 0 Å². The summed E-state index contributed by atoms with van der Waals surface area (Å²) in [6.07, 6.45) is -3.74. The molecule has 0 spiro atoms. The average Bonchev–Trinajstić information content (AvgIpc) is 2.42. The number of ether oxygens (including phenoxy) is 1. The minimum atomic E-state index is -1.36. The first-order chi connectivity index (χ1) is 9.77. The Morgan fingerprint density at radius 1 is 1.38 bits per heavy atom. The smallest absolute Gasteiger partial charge is 0.321 e. The number of nitrogens with one attached hydrogen (secondary N) is 1. The number of carboxylic acids is 1. The fraction of sp³-hybridized carbons (Fsp3) is 0.818. The lowest BCUT2D eigenvalue weighted by Crippen LogP contribution is -2.63. The summed E-state index contributed by atoms with van der Waals surface area (Å²) >= 11 is 0.984. The second-order valence-electron chi connectivity index (χ2n) is 4.71. The van der Waals surface area contributed by atoms with E-state index in [9.17, 15) is 19.8 Å². The van der Waals surface area contributed by atoms with Gasteiger partial charge in [-0.25, -0.2) is 0 Å². The molecule has 10 heteroatoms. The van der Waals surface area contributed by atoms with E-state index in [1.807, 2.05) is 0 Å². The summed E-state index contributed by atoms with van der Waals surface area (Å²) in [4.78, 5) is 21.9. The summed E-state index contributed by atoms with van der Waals surface area (Å²) < 4.78 is 5.40. The zero-order valence-corrected chi connectivity index (χ0v) is 12.2. The molecule has 0 bridgehead atoms. The third-order valence-electron chi connectivity index (χ3n) is 3.01. The highest BCUT2D eigenvalue weighted by Gasteiger charge is 2.45. The lowest BCUT2D eigenvalue weighted by molar-refractivity contribution is -0.173. The number of carbonyl (C=O) groups is 2. The van der Waals surface area contributed by atoms with E-state index >= 15 is 0 Å². The van der Waals surface area contributed by atoms with E-state index in [4.69, 9.17) is 20.7 Å². The fourth-order valence-electron chi connectivity index (χ4n) is 1.88. The van der Waals surface area contributed by atoms with Crippen molar-refractivity contribution in [3.05, 3.63) is 0 Å². The molecule has 122 valence electrons. The van der Waals surface area contributed by atoms with Gasteiger partial charge in [-0.3, -0.25) is 9.59 Å². The summed E-state index contributed by atoms with van der Waals surface area (Å²) in [5.41, 5.74) is 4.55. The van der Waals surface area contributed by atoms with Gasteiger partial charge in [-0.15, -0.1) is 11.8 Å². The Labute approximate surface area is 125 Å². The summed E-state index contributed by atoms with van der Waals surface area (Å²) in [7, 11) is 0. The van der Waals surface area contributed by atoms with Crippen molar-refractivity contribution in [2.45, 2.75) is 42.8 Å². The van der Waals surface area contributed by atoms with Gasteiger partial charge in [-0.2, -0.15) is 0 Å². The molecule has 0 aromatic carbocycles. The van der Waals surface area contributed by atoms with Crippen molar-refractivity contribution in [2.75, 3.05) is 12.4 Å². The minimum absolute atomic E-state index is 0.0168. The monoisotopic (exact) mass is 324 g/mol. The van der Waals surface area contributed by atoms with E-state index in [2.05, 4.69) is 5.32 Å². The molecular formula is C11H20N2O7S. The van der Waals surface area contributed by atoms with Gasteiger partial charge in [-0.05, 0) is 0 Å². The van der Waals surface area contributed by atoms with Gasteiger partial charge in [-0.1, -0.05) is 0 Å². The highest BCUT2D eigenvalue weighted by atomic mass is 32.2. The molecule has 0 aliphatic carbocycles.